The van der Waals surface area contributed by atoms with Crippen LogP contribution in [0, 0.1) is 20.8 Å². The highest BCUT2D eigenvalue weighted by atomic mass is 32.1. The molecule has 1 saturated heterocycles. The third-order valence-electron chi connectivity index (χ3n) is 5.33. The van der Waals surface area contributed by atoms with Crippen LogP contribution < -0.4 is 9.64 Å². The van der Waals surface area contributed by atoms with E-state index in [-0.39, 0.29) is 12.5 Å². The number of amides is 1. The summed E-state index contributed by atoms with van der Waals surface area (Å²) in [5, 5.41) is 1.05. The first-order valence-electron chi connectivity index (χ1n) is 9.60. The van der Waals surface area contributed by atoms with Crippen molar-refractivity contribution in [3.63, 3.8) is 0 Å². The summed E-state index contributed by atoms with van der Waals surface area (Å²) in [6, 6.07) is 12.1. The van der Waals surface area contributed by atoms with E-state index in [9.17, 15) is 4.79 Å². The highest BCUT2D eigenvalue weighted by Gasteiger charge is 2.23. The monoisotopic (exact) mass is 395 g/mol. The molecule has 1 fully saturated rings. The molecule has 1 aliphatic rings. The van der Waals surface area contributed by atoms with Crippen LogP contribution in [-0.4, -0.2) is 48.6 Å². The van der Waals surface area contributed by atoms with Crippen LogP contribution in [0.25, 0.3) is 10.2 Å². The third-order valence-corrected chi connectivity index (χ3v) is 6.41. The number of fused-ring (bicyclic) bond motifs is 1. The Morgan fingerprint density at radius 3 is 2.64 bits per heavy atom. The third kappa shape index (κ3) is 3.83. The summed E-state index contributed by atoms with van der Waals surface area (Å²) in [5.41, 5.74) is 4.75. The number of carbonyl (C=O) groups excluding carboxylic acids is 1. The minimum atomic E-state index is 0.0388. The zero-order valence-corrected chi connectivity index (χ0v) is 17.4. The number of ether oxygens (including phenoxy) is 1. The minimum absolute atomic E-state index is 0.0388. The molecule has 2 heterocycles. The van der Waals surface area contributed by atoms with Crippen LogP contribution >= 0.6 is 11.3 Å². The number of hydrogen-bond acceptors (Lipinski definition) is 5. The fourth-order valence-corrected chi connectivity index (χ4v) is 4.51. The quantitative estimate of drug-likeness (QED) is 0.671. The van der Waals surface area contributed by atoms with E-state index in [1.807, 2.05) is 36.1 Å². The van der Waals surface area contributed by atoms with Gasteiger partial charge in [-0.25, -0.2) is 4.98 Å². The highest BCUT2D eigenvalue weighted by Crippen LogP contribution is 2.32. The van der Waals surface area contributed by atoms with Crippen LogP contribution in [0.3, 0.4) is 0 Å². The van der Waals surface area contributed by atoms with E-state index in [1.54, 1.807) is 11.3 Å². The average molecular weight is 396 g/mol. The van der Waals surface area contributed by atoms with Gasteiger partial charge in [-0.15, -0.1) is 0 Å². The molecule has 28 heavy (non-hydrogen) atoms. The van der Waals surface area contributed by atoms with Gasteiger partial charge in [0.15, 0.2) is 11.7 Å². The number of thiazole rings is 1. The second-order valence-electron chi connectivity index (χ2n) is 7.32. The zero-order chi connectivity index (χ0) is 19.7. The van der Waals surface area contributed by atoms with Gasteiger partial charge in [0.2, 0.25) is 0 Å². The summed E-state index contributed by atoms with van der Waals surface area (Å²) in [5.74, 6) is 0.782. The Morgan fingerprint density at radius 2 is 1.89 bits per heavy atom. The Bertz CT molecular complexity index is 1010. The molecule has 0 aliphatic carbocycles. The molecule has 0 atom stereocenters. The Kier molecular flexibility index (Phi) is 5.22. The molecule has 1 amide bonds. The normalized spacial score (nSPS) is 14.5. The van der Waals surface area contributed by atoms with Crippen LogP contribution in [0.2, 0.25) is 0 Å². The van der Waals surface area contributed by atoms with Crippen molar-refractivity contribution in [3.05, 3.63) is 53.1 Å². The molecule has 0 radical (unpaired) electrons. The van der Waals surface area contributed by atoms with Crippen LogP contribution in [0.15, 0.2) is 36.4 Å². The number of hydrogen-bond donors (Lipinski definition) is 0. The molecule has 1 aromatic heterocycles. The molecular formula is C22H25N3O2S. The summed E-state index contributed by atoms with van der Waals surface area (Å²) in [7, 11) is 0. The summed E-state index contributed by atoms with van der Waals surface area (Å²) in [6.07, 6.45) is 0. The molecule has 0 spiro atoms. The van der Waals surface area contributed by atoms with Crippen LogP contribution in [0.1, 0.15) is 16.7 Å². The molecule has 1 aliphatic heterocycles. The predicted octanol–water partition coefficient (Wildman–Crippen LogP) is 3.95. The van der Waals surface area contributed by atoms with E-state index in [1.165, 1.54) is 15.8 Å². The number of benzene rings is 2. The number of aromatic nitrogens is 1. The first kappa shape index (κ1) is 18.7. The number of carbonyl (C=O) groups is 1. The second kappa shape index (κ2) is 7.80. The lowest BCUT2D eigenvalue weighted by atomic mass is 10.1. The number of aryl methyl sites for hydroxylation is 3. The standard InChI is InChI=1S/C22H25N3O2S/c1-15-5-4-6-18(13-15)27-14-20(26)24-9-11-25(12-10-24)22-23-21-17(3)16(2)7-8-19(21)28-22/h4-8,13H,9-12,14H2,1-3H3. The first-order chi connectivity index (χ1) is 13.5. The van der Waals surface area contributed by atoms with E-state index < -0.39 is 0 Å². The molecule has 0 saturated carbocycles. The molecule has 6 heteroatoms. The molecule has 0 unspecified atom stereocenters. The van der Waals surface area contributed by atoms with Crippen molar-refractivity contribution in [3.8, 4) is 5.75 Å². The predicted molar refractivity (Wildman–Crippen MR) is 115 cm³/mol. The lowest BCUT2D eigenvalue weighted by Gasteiger charge is -2.34. The first-order valence-corrected chi connectivity index (χ1v) is 10.4. The van der Waals surface area contributed by atoms with Crippen LogP contribution in [0.4, 0.5) is 5.13 Å². The maximum atomic E-state index is 12.5. The Hall–Kier alpha value is -2.60. The molecule has 0 bridgehead atoms. The van der Waals surface area contributed by atoms with Gasteiger partial charge in [0.1, 0.15) is 5.75 Å². The number of nitrogens with zero attached hydrogens (tertiary/aromatic N) is 3. The topological polar surface area (TPSA) is 45.7 Å². The molecule has 0 N–H and O–H groups in total. The summed E-state index contributed by atoms with van der Waals surface area (Å²) in [4.78, 5) is 21.5. The maximum absolute atomic E-state index is 12.5. The Balaban J connectivity index is 1.35. The van der Waals surface area contributed by atoms with Crippen molar-refractivity contribution in [1.29, 1.82) is 0 Å². The fraction of sp³-hybridized carbons (Fsp3) is 0.364. The molecule has 3 aromatic rings. The molecule has 2 aromatic carbocycles. The smallest absolute Gasteiger partial charge is 0.260 e. The van der Waals surface area contributed by atoms with Crippen molar-refractivity contribution in [2.45, 2.75) is 20.8 Å². The highest BCUT2D eigenvalue weighted by molar-refractivity contribution is 7.22. The van der Waals surface area contributed by atoms with E-state index in [0.29, 0.717) is 13.1 Å². The molecule has 5 nitrogen and oxygen atoms in total. The largest absolute Gasteiger partial charge is 0.484 e. The Morgan fingerprint density at radius 1 is 1.11 bits per heavy atom. The zero-order valence-electron chi connectivity index (χ0n) is 16.6. The fourth-order valence-electron chi connectivity index (χ4n) is 3.44. The van der Waals surface area contributed by atoms with Gasteiger partial charge in [0.05, 0.1) is 10.2 Å². The van der Waals surface area contributed by atoms with Gasteiger partial charge in [-0.05, 0) is 55.7 Å². The lowest BCUT2D eigenvalue weighted by molar-refractivity contribution is -0.133. The van der Waals surface area contributed by atoms with Crippen molar-refractivity contribution >= 4 is 32.6 Å². The van der Waals surface area contributed by atoms with Gasteiger partial charge in [0, 0.05) is 26.2 Å². The summed E-state index contributed by atoms with van der Waals surface area (Å²) < 4.78 is 6.89. The van der Waals surface area contributed by atoms with E-state index >= 15 is 0 Å². The van der Waals surface area contributed by atoms with Crippen molar-refractivity contribution < 1.29 is 9.53 Å². The van der Waals surface area contributed by atoms with Crippen LogP contribution in [-0.2, 0) is 4.79 Å². The minimum Gasteiger partial charge on any atom is -0.484 e. The summed E-state index contributed by atoms with van der Waals surface area (Å²) >= 11 is 1.73. The van der Waals surface area contributed by atoms with Gasteiger partial charge in [-0.3, -0.25) is 4.79 Å². The van der Waals surface area contributed by atoms with Crippen molar-refractivity contribution in [2.75, 3.05) is 37.7 Å². The van der Waals surface area contributed by atoms with E-state index in [4.69, 9.17) is 9.72 Å². The SMILES string of the molecule is Cc1cccc(OCC(=O)N2CCN(c3nc4c(C)c(C)ccc4s3)CC2)c1. The lowest BCUT2D eigenvalue weighted by Crippen LogP contribution is -2.50. The Labute approximate surface area is 169 Å². The molecule has 146 valence electrons. The van der Waals surface area contributed by atoms with E-state index in [2.05, 4.69) is 30.9 Å². The number of anilines is 1. The van der Waals surface area contributed by atoms with Crippen molar-refractivity contribution in [1.82, 2.24) is 9.88 Å². The number of rotatable bonds is 4. The maximum Gasteiger partial charge on any atom is 0.260 e. The average Bonchev–Trinajstić information content (AvgIpc) is 3.14. The van der Waals surface area contributed by atoms with Crippen molar-refractivity contribution in [2.24, 2.45) is 0 Å². The molecule has 4 rings (SSSR count). The van der Waals surface area contributed by atoms with Gasteiger partial charge < -0.3 is 14.5 Å². The summed E-state index contributed by atoms with van der Waals surface area (Å²) in [6.45, 7) is 9.35. The van der Waals surface area contributed by atoms with E-state index in [0.717, 1.165) is 35.1 Å². The second-order valence-corrected chi connectivity index (χ2v) is 8.33. The van der Waals surface area contributed by atoms with Gasteiger partial charge in [0.25, 0.3) is 5.91 Å². The van der Waals surface area contributed by atoms with Crippen LogP contribution in [0.5, 0.6) is 5.75 Å². The van der Waals surface area contributed by atoms with Gasteiger partial charge >= 0.3 is 0 Å². The molecular weight excluding hydrogens is 370 g/mol. The number of piperazine rings is 1. The van der Waals surface area contributed by atoms with Gasteiger partial charge in [-0.2, -0.15) is 0 Å². The van der Waals surface area contributed by atoms with Gasteiger partial charge in [-0.1, -0.05) is 29.5 Å².